The Kier molecular flexibility index (Phi) is 5.05. The highest BCUT2D eigenvalue weighted by Gasteiger charge is 2.25. The third-order valence-corrected chi connectivity index (χ3v) is 2.71. The maximum Gasteiger partial charge on any atom is 0.257 e. The third-order valence-electron chi connectivity index (χ3n) is 2.71. The molecular weight excluding hydrogens is 268 g/mol. The van der Waals surface area contributed by atoms with Gasteiger partial charge in [-0.2, -0.15) is 0 Å². The lowest BCUT2D eigenvalue weighted by molar-refractivity contribution is 0.0888. The zero-order chi connectivity index (χ0) is 15.5. The smallest absolute Gasteiger partial charge is 0.257 e. The lowest BCUT2D eigenvalue weighted by atomic mass is 9.88. The Morgan fingerprint density at radius 1 is 1.35 bits per heavy atom. The molecule has 1 aromatic carbocycles. The van der Waals surface area contributed by atoms with E-state index < -0.39 is 34.9 Å². The molecule has 112 valence electrons. The minimum atomic E-state index is -1.31. The summed E-state index contributed by atoms with van der Waals surface area (Å²) >= 11 is 0. The average molecular weight is 287 g/mol. The second-order valence-electron chi connectivity index (χ2n) is 5.87. The summed E-state index contributed by atoms with van der Waals surface area (Å²) in [5, 5.41) is 20.8. The molecular formula is C14H19F2NO3. The van der Waals surface area contributed by atoms with Crippen LogP contribution in [0.4, 0.5) is 8.78 Å². The van der Waals surface area contributed by atoms with Crippen LogP contribution in [-0.2, 0) is 0 Å². The first-order chi connectivity index (χ1) is 9.15. The van der Waals surface area contributed by atoms with E-state index in [1.807, 2.05) is 20.8 Å². The quantitative estimate of drug-likeness (QED) is 0.795. The molecule has 0 saturated carbocycles. The fourth-order valence-corrected chi connectivity index (χ4v) is 1.91. The number of carbonyl (C=O) groups is 1. The number of aliphatic hydroxyl groups excluding tert-OH is 1. The predicted molar refractivity (Wildman–Crippen MR) is 70.4 cm³/mol. The number of benzene rings is 1. The first-order valence-corrected chi connectivity index (χ1v) is 6.24. The van der Waals surface area contributed by atoms with Crippen molar-refractivity contribution >= 4 is 5.91 Å². The van der Waals surface area contributed by atoms with Gasteiger partial charge in [0.15, 0.2) is 11.6 Å². The predicted octanol–water partition coefficient (Wildman–Crippen LogP) is 2.20. The van der Waals surface area contributed by atoms with Crippen LogP contribution < -0.4 is 5.32 Å². The van der Waals surface area contributed by atoms with Crippen LogP contribution in [0.3, 0.4) is 0 Å². The van der Waals surface area contributed by atoms with Gasteiger partial charge in [-0.15, -0.1) is 0 Å². The van der Waals surface area contributed by atoms with Crippen molar-refractivity contribution in [3.63, 3.8) is 0 Å². The van der Waals surface area contributed by atoms with Crippen molar-refractivity contribution in [2.45, 2.75) is 33.2 Å². The van der Waals surface area contributed by atoms with E-state index in [2.05, 4.69) is 5.32 Å². The van der Waals surface area contributed by atoms with E-state index >= 15 is 0 Å². The van der Waals surface area contributed by atoms with E-state index in [0.29, 0.717) is 6.42 Å². The lowest BCUT2D eigenvalue weighted by Crippen LogP contribution is -2.40. The summed E-state index contributed by atoms with van der Waals surface area (Å²) in [6.07, 6.45) is 0.442. The number of nitrogens with one attached hydrogen (secondary N) is 1. The van der Waals surface area contributed by atoms with Crippen molar-refractivity contribution in [3.05, 3.63) is 29.3 Å². The highest BCUT2D eigenvalue weighted by molar-refractivity contribution is 5.95. The van der Waals surface area contributed by atoms with Gasteiger partial charge in [0.25, 0.3) is 5.91 Å². The lowest BCUT2D eigenvalue weighted by Gasteiger charge is -2.25. The van der Waals surface area contributed by atoms with Gasteiger partial charge in [-0.1, -0.05) is 20.8 Å². The van der Waals surface area contributed by atoms with Crippen LogP contribution in [0.5, 0.6) is 5.75 Å². The zero-order valence-corrected chi connectivity index (χ0v) is 11.7. The molecule has 3 N–H and O–H groups in total. The van der Waals surface area contributed by atoms with Crippen LogP contribution >= 0.6 is 0 Å². The Balaban J connectivity index is 2.93. The molecule has 0 bridgehead atoms. The number of carbonyl (C=O) groups excluding carboxylic acids is 1. The van der Waals surface area contributed by atoms with Crippen molar-refractivity contribution in [1.82, 2.24) is 5.32 Å². The maximum absolute atomic E-state index is 13.6. The number of aromatic hydroxyl groups is 1. The Labute approximate surface area is 116 Å². The fourth-order valence-electron chi connectivity index (χ4n) is 1.91. The molecule has 0 fully saturated rings. The van der Waals surface area contributed by atoms with Crippen molar-refractivity contribution in [2.24, 2.45) is 5.41 Å². The van der Waals surface area contributed by atoms with Crippen LogP contribution in [0.2, 0.25) is 0 Å². The van der Waals surface area contributed by atoms with Gasteiger partial charge >= 0.3 is 0 Å². The molecule has 1 unspecified atom stereocenters. The summed E-state index contributed by atoms with van der Waals surface area (Å²) in [6.45, 7) is 5.40. The first kappa shape index (κ1) is 16.4. The molecule has 0 heterocycles. The number of phenols is 1. The topological polar surface area (TPSA) is 69.6 Å². The SMILES string of the molecule is CC(C)(C)CC(CO)NC(=O)c1c(F)ccc(O)c1F. The standard InChI is InChI=1S/C14H19F2NO3/c1-14(2,3)6-8(7-18)17-13(20)11-9(15)4-5-10(19)12(11)16/h4-5,8,18-19H,6-7H2,1-3H3,(H,17,20). The molecule has 0 aliphatic rings. The van der Waals surface area contributed by atoms with Gasteiger partial charge in [-0.05, 0) is 24.0 Å². The molecule has 0 spiro atoms. The molecule has 1 aromatic rings. The van der Waals surface area contributed by atoms with Gasteiger partial charge < -0.3 is 15.5 Å². The van der Waals surface area contributed by atoms with E-state index in [1.54, 1.807) is 0 Å². The van der Waals surface area contributed by atoms with Crippen LogP contribution in [0.25, 0.3) is 0 Å². The van der Waals surface area contributed by atoms with Crippen LogP contribution in [0.15, 0.2) is 12.1 Å². The van der Waals surface area contributed by atoms with Crippen molar-refractivity contribution in [2.75, 3.05) is 6.61 Å². The molecule has 1 amide bonds. The molecule has 0 aliphatic carbocycles. The third kappa shape index (κ3) is 4.16. The number of amides is 1. The van der Waals surface area contributed by atoms with Crippen molar-refractivity contribution < 1.29 is 23.8 Å². The highest BCUT2D eigenvalue weighted by atomic mass is 19.1. The van der Waals surface area contributed by atoms with E-state index in [9.17, 15) is 23.8 Å². The zero-order valence-electron chi connectivity index (χ0n) is 11.7. The minimum absolute atomic E-state index is 0.170. The summed E-state index contributed by atoms with van der Waals surface area (Å²) in [4.78, 5) is 11.9. The fraction of sp³-hybridized carbons (Fsp3) is 0.500. The van der Waals surface area contributed by atoms with Gasteiger partial charge in [-0.25, -0.2) is 8.78 Å². The number of rotatable bonds is 4. The Hall–Kier alpha value is -1.69. The largest absolute Gasteiger partial charge is 0.505 e. The van der Waals surface area contributed by atoms with Gasteiger partial charge in [0.05, 0.1) is 12.6 Å². The van der Waals surface area contributed by atoms with E-state index in [-0.39, 0.29) is 12.0 Å². The maximum atomic E-state index is 13.6. The summed E-state index contributed by atoms with van der Waals surface area (Å²) < 4.78 is 27.1. The molecule has 0 aliphatic heterocycles. The van der Waals surface area contributed by atoms with Crippen molar-refractivity contribution in [3.8, 4) is 5.75 Å². The van der Waals surface area contributed by atoms with E-state index in [0.717, 1.165) is 12.1 Å². The molecule has 4 nitrogen and oxygen atoms in total. The molecule has 0 radical (unpaired) electrons. The molecule has 0 aromatic heterocycles. The number of halogens is 2. The number of aliphatic hydroxyl groups is 1. The molecule has 1 atom stereocenters. The van der Waals surface area contributed by atoms with Gasteiger partial charge in [0.1, 0.15) is 11.4 Å². The number of hydrogen-bond donors (Lipinski definition) is 3. The summed E-state index contributed by atoms with van der Waals surface area (Å²) in [6, 6.07) is 1.02. The molecule has 20 heavy (non-hydrogen) atoms. The van der Waals surface area contributed by atoms with Gasteiger partial charge in [0, 0.05) is 0 Å². The van der Waals surface area contributed by atoms with Crippen molar-refractivity contribution in [1.29, 1.82) is 0 Å². The van der Waals surface area contributed by atoms with Crippen LogP contribution in [0, 0.1) is 17.0 Å². The Morgan fingerprint density at radius 3 is 2.45 bits per heavy atom. The normalized spacial score (nSPS) is 13.1. The van der Waals surface area contributed by atoms with E-state index in [4.69, 9.17) is 0 Å². The van der Waals surface area contributed by atoms with Gasteiger partial charge in [-0.3, -0.25) is 4.79 Å². The molecule has 1 rings (SSSR count). The first-order valence-electron chi connectivity index (χ1n) is 6.24. The summed E-state index contributed by atoms with van der Waals surface area (Å²) in [5.74, 6) is -4.17. The Bertz CT molecular complexity index is 498. The monoisotopic (exact) mass is 287 g/mol. The minimum Gasteiger partial charge on any atom is -0.505 e. The highest BCUT2D eigenvalue weighted by Crippen LogP contribution is 2.23. The second kappa shape index (κ2) is 6.17. The molecule has 6 heteroatoms. The van der Waals surface area contributed by atoms with Crippen LogP contribution in [0.1, 0.15) is 37.6 Å². The summed E-state index contributed by atoms with van der Waals surface area (Å²) in [5.41, 5.74) is -1.02. The van der Waals surface area contributed by atoms with Gasteiger partial charge in [0.2, 0.25) is 0 Å². The van der Waals surface area contributed by atoms with Crippen LogP contribution in [-0.4, -0.2) is 28.8 Å². The number of phenolic OH excluding ortho intramolecular Hbond substituents is 1. The Morgan fingerprint density at radius 2 is 1.95 bits per heavy atom. The molecule has 0 saturated heterocycles. The summed E-state index contributed by atoms with van der Waals surface area (Å²) in [7, 11) is 0. The second-order valence-corrected chi connectivity index (χ2v) is 5.87. The average Bonchev–Trinajstić information content (AvgIpc) is 2.32. The number of hydrogen-bond acceptors (Lipinski definition) is 3. The van der Waals surface area contributed by atoms with E-state index in [1.165, 1.54) is 0 Å².